The third kappa shape index (κ3) is 3.01. The Morgan fingerprint density at radius 2 is 2.00 bits per heavy atom. The second kappa shape index (κ2) is 5.39. The molecule has 0 bridgehead atoms. The Morgan fingerprint density at radius 3 is 2.56 bits per heavy atom. The lowest BCUT2D eigenvalue weighted by Gasteiger charge is -2.05. The number of nitrogens with zero attached hydrogens (tertiary/aromatic N) is 2. The monoisotopic (exact) mass is 269 g/mol. The van der Waals surface area contributed by atoms with Crippen LogP contribution in [-0.4, -0.2) is 15.5 Å². The summed E-state index contributed by atoms with van der Waals surface area (Å²) in [6, 6.07) is 2.27. The molecule has 0 saturated heterocycles. The van der Waals surface area contributed by atoms with Crippen molar-refractivity contribution in [2.45, 2.75) is 11.3 Å². The maximum absolute atomic E-state index is 13.5. The molecule has 0 amide bonds. The quantitative estimate of drug-likeness (QED) is 0.685. The maximum atomic E-state index is 13.5. The normalized spacial score (nSPS) is 10.8. The average molecular weight is 269 g/mol. The van der Waals surface area contributed by atoms with Gasteiger partial charge in [-0.2, -0.15) is 5.10 Å². The SMILES string of the molecule is Cn1cc(CCSc2c(F)cc(N)cc2F)cn1. The zero-order valence-corrected chi connectivity index (χ0v) is 10.7. The summed E-state index contributed by atoms with van der Waals surface area (Å²) < 4.78 is 28.7. The number of thioether (sulfide) groups is 1. The van der Waals surface area contributed by atoms with E-state index in [0.29, 0.717) is 12.2 Å². The van der Waals surface area contributed by atoms with Crippen molar-refractivity contribution < 1.29 is 8.78 Å². The molecule has 0 radical (unpaired) electrons. The van der Waals surface area contributed by atoms with Crippen LogP contribution >= 0.6 is 11.8 Å². The van der Waals surface area contributed by atoms with Crippen LogP contribution in [0, 0.1) is 11.6 Å². The van der Waals surface area contributed by atoms with E-state index in [0.717, 1.165) is 29.5 Å². The summed E-state index contributed by atoms with van der Waals surface area (Å²) in [6.45, 7) is 0. The number of aryl methyl sites for hydroxylation is 2. The van der Waals surface area contributed by atoms with Gasteiger partial charge in [-0.15, -0.1) is 11.8 Å². The van der Waals surface area contributed by atoms with Crippen LogP contribution in [0.5, 0.6) is 0 Å². The van der Waals surface area contributed by atoms with E-state index in [2.05, 4.69) is 5.10 Å². The molecular formula is C12H13F2N3S. The van der Waals surface area contributed by atoms with Gasteiger partial charge in [0.2, 0.25) is 0 Å². The van der Waals surface area contributed by atoms with Crippen molar-refractivity contribution >= 4 is 17.4 Å². The van der Waals surface area contributed by atoms with E-state index in [4.69, 9.17) is 5.73 Å². The smallest absolute Gasteiger partial charge is 0.141 e. The lowest BCUT2D eigenvalue weighted by molar-refractivity contribution is 0.542. The number of nitrogen functional groups attached to an aromatic ring is 1. The van der Waals surface area contributed by atoms with Crippen LogP contribution < -0.4 is 5.73 Å². The maximum Gasteiger partial charge on any atom is 0.141 e. The summed E-state index contributed by atoms with van der Waals surface area (Å²) in [5, 5.41) is 4.03. The highest BCUT2D eigenvalue weighted by Crippen LogP contribution is 2.27. The third-order valence-corrected chi connectivity index (χ3v) is 3.50. The fourth-order valence-electron chi connectivity index (χ4n) is 1.59. The average Bonchev–Trinajstić information content (AvgIpc) is 2.68. The highest BCUT2D eigenvalue weighted by molar-refractivity contribution is 7.99. The van der Waals surface area contributed by atoms with Gasteiger partial charge in [0.15, 0.2) is 0 Å². The van der Waals surface area contributed by atoms with Crippen LogP contribution in [0.2, 0.25) is 0 Å². The number of hydrogen-bond donors (Lipinski definition) is 1. The molecule has 2 N–H and O–H groups in total. The third-order valence-electron chi connectivity index (χ3n) is 2.42. The van der Waals surface area contributed by atoms with Gasteiger partial charge in [0.1, 0.15) is 11.6 Å². The summed E-state index contributed by atoms with van der Waals surface area (Å²) in [4.78, 5) is 0.0214. The van der Waals surface area contributed by atoms with E-state index < -0.39 is 11.6 Å². The van der Waals surface area contributed by atoms with Gasteiger partial charge in [-0.3, -0.25) is 4.68 Å². The predicted octanol–water partition coefficient (Wildman–Crippen LogP) is 2.62. The molecule has 0 aliphatic carbocycles. The molecule has 0 saturated carbocycles. The van der Waals surface area contributed by atoms with Crippen LogP contribution in [0.3, 0.4) is 0 Å². The minimum atomic E-state index is -0.608. The number of halogens is 2. The number of aromatic nitrogens is 2. The van der Waals surface area contributed by atoms with Crippen molar-refractivity contribution in [1.82, 2.24) is 9.78 Å². The number of nitrogens with two attached hydrogens (primary N) is 1. The fraction of sp³-hybridized carbons (Fsp3) is 0.250. The minimum Gasteiger partial charge on any atom is -0.399 e. The van der Waals surface area contributed by atoms with Gasteiger partial charge in [0.05, 0.1) is 11.1 Å². The molecule has 1 aromatic carbocycles. The first-order chi connectivity index (χ1) is 8.56. The Labute approximate surface area is 108 Å². The Hall–Kier alpha value is -1.56. The van der Waals surface area contributed by atoms with Gasteiger partial charge < -0.3 is 5.73 Å². The molecular weight excluding hydrogens is 256 g/mol. The topological polar surface area (TPSA) is 43.8 Å². The molecule has 0 aliphatic heterocycles. The number of rotatable bonds is 4. The molecule has 2 rings (SSSR count). The van der Waals surface area contributed by atoms with Crippen molar-refractivity contribution in [1.29, 1.82) is 0 Å². The zero-order chi connectivity index (χ0) is 13.1. The molecule has 18 heavy (non-hydrogen) atoms. The molecule has 6 heteroatoms. The highest BCUT2D eigenvalue weighted by atomic mass is 32.2. The Morgan fingerprint density at radius 1 is 1.33 bits per heavy atom. The van der Waals surface area contributed by atoms with Gasteiger partial charge in [-0.05, 0) is 24.1 Å². The van der Waals surface area contributed by atoms with Gasteiger partial charge in [0, 0.05) is 24.7 Å². The van der Waals surface area contributed by atoms with Crippen molar-refractivity contribution in [3.05, 3.63) is 41.7 Å². The molecule has 2 aromatic rings. The Kier molecular flexibility index (Phi) is 3.86. The van der Waals surface area contributed by atoms with Gasteiger partial charge in [-0.1, -0.05) is 0 Å². The van der Waals surface area contributed by atoms with Crippen LogP contribution in [0.15, 0.2) is 29.4 Å². The summed E-state index contributed by atoms with van der Waals surface area (Å²) in [5.74, 6) is -0.629. The second-order valence-electron chi connectivity index (χ2n) is 3.93. The summed E-state index contributed by atoms with van der Waals surface area (Å²) in [5.41, 5.74) is 6.49. The second-order valence-corrected chi connectivity index (χ2v) is 5.04. The lowest BCUT2D eigenvalue weighted by Crippen LogP contribution is -1.95. The summed E-state index contributed by atoms with van der Waals surface area (Å²) >= 11 is 1.14. The van der Waals surface area contributed by atoms with Crippen molar-refractivity contribution in [2.75, 3.05) is 11.5 Å². The zero-order valence-electron chi connectivity index (χ0n) is 9.86. The molecule has 0 aliphatic rings. The largest absolute Gasteiger partial charge is 0.399 e. The fourth-order valence-corrected chi connectivity index (χ4v) is 2.52. The van der Waals surface area contributed by atoms with Gasteiger partial charge in [-0.25, -0.2) is 8.78 Å². The Balaban J connectivity index is 1.98. The van der Waals surface area contributed by atoms with Crippen molar-refractivity contribution in [3.8, 4) is 0 Å². The molecule has 1 heterocycles. The van der Waals surface area contributed by atoms with Crippen LogP contribution in [0.25, 0.3) is 0 Å². The molecule has 0 fully saturated rings. The molecule has 0 spiro atoms. The van der Waals surface area contributed by atoms with Crippen LogP contribution in [-0.2, 0) is 13.5 Å². The molecule has 3 nitrogen and oxygen atoms in total. The number of anilines is 1. The number of hydrogen-bond acceptors (Lipinski definition) is 3. The van der Waals surface area contributed by atoms with Crippen LogP contribution in [0.1, 0.15) is 5.56 Å². The summed E-state index contributed by atoms with van der Waals surface area (Å²) in [7, 11) is 1.83. The highest BCUT2D eigenvalue weighted by Gasteiger charge is 2.10. The summed E-state index contributed by atoms with van der Waals surface area (Å²) in [6.07, 6.45) is 4.34. The molecule has 0 atom stereocenters. The van der Waals surface area contributed by atoms with E-state index in [1.807, 2.05) is 13.2 Å². The first-order valence-corrected chi connectivity index (χ1v) is 6.39. The van der Waals surface area contributed by atoms with E-state index in [1.54, 1.807) is 10.9 Å². The molecule has 96 valence electrons. The minimum absolute atomic E-state index is 0.0214. The van der Waals surface area contributed by atoms with Crippen molar-refractivity contribution in [3.63, 3.8) is 0 Å². The van der Waals surface area contributed by atoms with E-state index in [-0.39, 0.29) is 10.6 Å². The first-order valence-electron chi connectivity index (χ1n) is 5.41. The van der Waals surface area contributed by atoms with Gasteiger partial charge in [0.25, 0.3) is 0 Å². The van der Waals surface area contributed by atoms with E-state index in [1.165, 1.54) is 0 Å². The predicted molar refractivity (Wildman–Crippen MR) is 68.4 cm³/mol. The first kappa shape index (κ1) is 12.9. The van der Waals surface area contributed by atoms with Crippen molar-refractivity contribution in [2.24, 2.45) is 7.05 Å². The Bertz CT molecular complexity index is 531. The van der Waals surface area contributed by atoms with E-state index >= 15 is 0 Å². The van der Waals surface area contributed by atoms with Crippen LogP contribution in [0.4, 0.5) is 14.5 Å². The van der Waals surface area contributed by atoms with E-state index in [9.17, 15) is 8.78 Å². The van der Waals surface area contributed by atoms with Gasteiger partial charge >= 0.3 is 0 Å². The standard InChI is InChI=1S/C12H13F2N3S/c1-17-7-8(6-16-17)2-3-18-12-10(13)4-9(15)5-11(12)14/h4-7H,2-3,15H2,1H3. The molecule has 1 aromatic heterocycles. The number of benzene rings is 1. The lowest BCUT2D eigenvalue weighted by atomic mass is 10.3. The molecule has 0 unspecified atom stereocenters.